The molecule has 318 valence electrons. The second kappa shape index (κ2) is 19.9. The largest absolute Gasteiger partial charge is 0.497 e. The molecule has 5 atom stereocenters. The van der Waals surface area contributed by atoms with Gasteiger partial charge < -0.3 is 32.9 Å². The second-order valence-electron chi connectivity index (χ2n) is 14.9. The first-order chi connectivity index (χ1) is 28.9. The van der Waals surface area contributed by atoms with E-state index in [0.717, 1.165) is 16.7 Å². The molecule has 2 aromatic heterocycles. The normalized spacial score (nSPS) is 18.8. The third-order valence-electron chi connectivity index (χ3n) is 9.88. The lowest BCUT2D eigenvalue weighted by Gasteiger charge is -2.39. The van der Waals surface area contributed by atoms with Crippen molar-refractivity contribution in [1.82, 2.24) is 29.1 Å². The lowest BCUT2D eigenvalue weighted by molar-refractivity contribution is -0.0919. The number of alkyl halides is 1. The first-order valence-electron chi connectivity index (χ1n) is 19.6. The number of nitriles is 1. The molecule has 0 spiro atoms. The molecule has 0 amide bonds. The van der Waals surface area contributed by atoms with Crippen molar-refractivity contribution in [2.24, 2.45) is 4.99 Å². The van der Waals surface area contributed by atoms with E-state index in [2.05, 4.69) is 26.0 Å². The van der Waals surface area contributed by atoms with Gasteiger partial charge in [-0.05, 0) is 68.7 Å². The number of fused-ring (bicyclic) bond motifs is 1. The number of hydrogen-bond donors (Lipinski definition) is 1. The van der Waals surface area contributed by atoms with Gasteiger partial charge in [-0.2, -0.15) is 10.2 Å². The Hall–Kier alpha value is -5.27. The highest BCUT2D eigenvalue weighted by Crippen LogP contribution is 2.51. The monoisotopic (exact) mass is 842 g/mol. The van der Waals surface area contributed by atoms with E-state index in [4.69, 9.17) is 28.0 Å². The molecular weight excluding hydrogens is 790 g/mol. The molecule has 0 radical (unpaired) electrons. The van der Waals surface area contributed by atoms with E-state index < -0.39 is 44.3 Å². The summed E-state index contributed by atoms with van der Waals surface area (Å²) in [5.74, 6) is 1.33. The molecule has 6 rings (SSSR count). The topological polar surface area (TPSA) is 162 Å². The number of aliphatic imine (C=N–C) groups is 1. The van der Waals surface area contributed by atoms with E-state index >= 15 is 4.39 Å². The lowest BCUT2D eigenvalue weighted by Crippen LogP contribution is -2.41. The smallest absolute Gasteiger partial charge is 0.280 e. The molecule has 3 heterocycles. The summed E-state index contributed by atoms with van der Waals surface area (Å²) < 4.78 is 58.9. The minimum absolute atomic E-state index is 0.00888. The van der Waals surface area contributed by atoms with Crippen LogP contribution in [-0.2, 0) is 24.1 Å². The van der Waals surface area contributed by atoms with Gasteiger partial charge in [-0.15, -0.1) is 0 Å². The van der Waals surface area contributed by atoms with Gasteiger partial charge in [0.05, 0.1) is 52.6 Å². The molecule has 3 aromatic carbocycles. The Morgan fingerprint density at radius 2 is 1.58 bits per heavy atom. The summed E-state index contributed by atoms with van der Waals surface area (Å²) >= 11 is 0. The number of H-pyrrole nitrogens is 1. The Labute approximate surface area is 350 Å². The molecule has 1 aliphatic heterocycles. The van der Waals surface area contributed by atoms with Crippen LogP contribution in [0.1, 0.15) is 57.0 Å². The van der Waals surface area contributed by atoms with Crippen molar-refractivity contribution < 1.29 is 32.4 Å². The fraction of sp³-hybridized carbons (Fsp3) is 0.419. The maximum Gasteiger partial charge on any atom is 0.280 e. The third-order valence-corrected chi connectivity index (χ3v) is 12.0. The molecule has 1 N–H and O–H groups in total. The number of hydrogen-bond acceptors (Lipinski definition) is 12. The summed E-state index contributed by atoms with van der Waals surface area (Å²) in [6, 6.07) is 26.9. The zero-order chi connectivity index (χ0) is 43.0. The average molecular weight is 843 g/mol. The van der Waals surface area contributed by atoms with Crippen LogP contribution in [0.25, 0.3) is 11.2 Å². The number of aromatic nitrogens is 4. The molecule has 1 fully saturated rings. The second-order valence-corrected chi connectivity index (χ2v) is 16.3. The van der Waals surface area contributed by atoms with Crippen molar-refractivity contribution in [3.8, 4) is 17.6 Å². The van der Waals surface area contributed by atoms with E-state index in [1.165, 1.54) is 17.2 Å². The predicted molar refractivity (Wildman–Crippen MR) is 227 cm³/mol. The van der Waals surface area contributed by atoms with E-state index in [9.17, 15) is 10.1 Å². The van der Waals surface area contributed by atoms with Crippen molar-refractivity contribution in [3.05, 3.63) is 112 Å². The van der Waals surface area contributed by atoms with Gasteiger partial charge in [0, 0.05) is 26.2 Å². The zero-order valence-electron chi connectivity index (χ0n) is 35.1. The number of aromatic amines is 1. The van der Waals surface area contributed by atoms with Crippen molar-refractivity contribution in [1.29, 1.82) is 5.26 Å². The van der Waals surface area contributed by atoms with Crippen LogP contribution in [0.3, 0.4) is 0 Å². The predicted octanol–water partition coefficient (Wildman–Crippen LogP) is 7.26. The Balaban J connectivity index is 1.48. The summed E-state index contributed by atoms with van der Waals surface area (Å²) in [5, 5.41) is 9.38. The van der Waals surface area contributed by atoms with Crippen molar-refractivity contribution in [2.75, 3.05) is 41.5 Å². The molecule has 0 saturated carbocycles. The molecular formula is C43H52FN8O7P. The Morgan fingerprint density at radius 1 is 0.983 bits per heavy atom. The number of ether oxygens (including phenoxy) is 4. The molecule has 5 aromatic rings. The first kappa shape index (κ1) is 44.3. The highest BCUT2D eigenvalue weighted by atomic mass is 31.2. The lowest BCUT2D eigenvalue weighted by atomic mass is 9.80. The maximum atomic E-state index is 17.6. The van der Waals surface area contributed by atoms with E-state index in [1.807, 2.05) is 111 Å². The van der Waals surface area contributed by atoms with Crippen LogP contribution in [0.2, 0.25) is 0 Å². The average Bonchev–Trinajstić information content (AvgIpc) is 3.81. The Morgan fingerprint density at radius 3 is 2.13 bits per heavy atom. The summed E-state index contributed by atoms with van der Waals surface area (Å²) in [4.78, 5) is 30.6. The number of nitrogens with zero attached hydrogens (tertiary/aromatic N) is 7. The standard InChI is InChI=1S/C43H52FN8O7P/c1-28(2)52(29(3)4)60(57-24-12-23-45)59-38-35(58-41(36(38)44)51-27-46-37-39(51)48-42(49-40(37)53)47-26-50(5)6)25-56-43(30-13-10-9-11-14-30,31-15-19-33(54-7)20-16-31)32-17-21-34(55-8)22-18-32/h9-11,13-22,26-29,35-36,38,41H,12,24-25H2,1-8H3,(H,48,49,53)/b47-26+/t35-,36+,38?,41-,60?/m1/s1. The van der Waals surface area contributed by atoms with Gasteiger partial charge in [0.25, 0.3) is 14.1 Å². The van der Waals surface area contributed by atoms with Crippen molar-refractivity contribution in [3.63, 3.8) is 0 Å². The highest BCUT2D eigenvalue weighted by Gasteiger charge is 2.51. The van der Waals surface area contributed by atoms with Gasteiger partial charge in [0.1, 0.15) is 29.3 Å². The quantitative estimate of drug-likeness (QED) is 0.0292. The maximum absolute atomic E-state index is 17.6. The number of halogens is 1. The van der Waals surface area contributed by atoms with Crippen LogP contribution in [0.4, 0.5) is 10.3 Å². The van der Waals surface area contributed by atoms with Crippen molar-refractivity contribution >= 4 is 32.0 Å². The van der Waals surface area contributed by atoms with Crippen LogP contribution in [0, 0.1) is 11.3 Å². The number of imidazole rings is 1. The summed E-state index contributed by atoms with van der Waals surface area (Å²) in [5.41, 5.74) is 0.595. The number of nitrogens with one attached hydrogen (secondary N) is 1. The van der Waals surface area contributed by atoms with Gasteiger partial charge in [-0.3, -0.25) is 14.3 Å². The van der Waals surface area contributed by atoms with Gasteiger partial charge in [0.2, 0.25) is 5.95 Å². The third kappa shape index (κ3) is 9.52. The molecule has 17 heteroatoms. The van der Waals surface area contributed by atoms with Crippen LogP contribution in [0.5, 0.6) is 11.5 Å². The number of benzene rings is 3. The Bertz CT molecular complexity index is 2230. The zero-order valence-corrected chi connectivity index (χ0v) is 36.0. The summed E-state index contributed by atoms with van der Waals surface area (Å²) in [7, 11) is 4.83. The molecule has 60 heavy (non-hydrogen) atoms. The summed E-state index contributed by atoms with van der Waals surface area (Å²) in [6.07, 6.45) is -2.59. The van der Waals surface area contributed by atoms with Crippen LogP contribution < -0.4 is 15.0 Å². The van der Waals surface area contributed by atoms with Gasteiger partial charge in [-0.1, -0.05) is 54.6 Å². The fourth-order valence-corrected chi connectivity index (χ4v) is 8.96. The SMILES string of the molecule is COc1ccc(C(OC[C@H]2O[C@@H](n3cnc4c(=O)[nH]c(/N=C/N(C)C)nc43)[C@@H](F)C2OP(OCCC#N)N(C(C)C)C(C)C)(c2ccccc2)c2ccc(OC)cc2)cc1. The van der Waals surface area contributed by atoms with E-state index in [0.29, 0.717) is 11.5 Å². The van der Waals surface area contributed by atoms with Gasteiger partial charge in [0.15, 0.2) is 23.6 Å². The minimum Gasteiger partial charge on any atom is -0.497 e. The molecule has 0 bridgehead atoms. The number of methoxy groups -OCH3 is 2. The van der Waals surface area contributed by atoms with Crippen LogP contribution in [-0.4, -0.2) is 107 Å². The molecule has 15 nitrogen and oxygen atoms in total. The fourth-order valence-electron chi connectivity index (χ4n) is 7.19. The van der Waals surface area contributed by atoms with E-state index in [-0.39, 0.29) is 48.8 Å². The Kier molecular flexibility index (Phi) is 14.7. The van der Waals surface area contributed by atoms with Gasteiger partial charge in [-0.25, -0.2) is 19.0 Å². The first-order valence-corrected chi connectivity index (χ1v) is 20.7. The van der Waals surface area contributed by atoms with Crippen LogP contribution in [0.15, 0.2) is 95.0 Å². The minimum atomic E-state index is -1.93. The van der Waals surface area contributed by atoms with E-state index in [1.54, 1.807) is 33.2 Å². The van der Waals surface area contributed by atoms with Crippen molar-refractivity contribution in [2.45, 2.75) is 76.4 Å². The highest BCUT2D eigenvalue weighted by molar-refractivity contribution is 7.44. The molecule has 1 aliphatic rings. The molecule has 0 aliphatic carbocycles. The number of rotatable bonds is 19. The van der Waals surface area contributed by atoms with Gasteiger partial charge >= 0.3 is 0 Å². The summed E-state index contributed by atoms with van der Waals surface area (Å²) in [6.45, 7) is 7.91. The molecule has 1 saturated heterocycles. The van der Waals surface area contributed by atoms with Crippen LogP contribution >= 0.6 is 8.53 Å². The molecule has 2 unspecified atom stereocenters.